The van der Waals surface area contributed by atoms with Crippen LogP contribution in [0.2, 0.25) is 0 Å². The standard InChI is InChI=1S/C17H35O7P.C3H8O3/c1-2-3-4-5-6-7-8-9-10-11-12-13-17(19)23-14-16(18)15-24-25(20,21)22;4-1-3(6)2-5/h16,18H,2-15H2,1H3,(H2,20,21,22);3-6H,1-2H2. The van der Waals surface area contributed by atoms with Crippen molar-refractivity contribution >= 4 is 13.8 Å². The van der Waals surface area contributed by atoms with Crippen molar-refractivity contribution in [3.8, 4) is 0 Å². The Morgan fingerprint density at radius 2 is 1.23 bits per heavy atom. The van der Waals surface area contributed by atoms with Crippen molar-refractivity contribution in [3.63, 3.8) is 0 Å². The highest BCUT2D eigenvalue weighted by atomic mass is 31.2. The lowest BCUT2D eigenvalue weighted by Gasteiger charge is -2.12. The van der Waals surface area contributed by atoms with Crippen molar-refractivity contribution in [2.45, 2.75) is 96.2 Å². The minimum atomic E-state index is -4.61. The first-order valence-corrected chi connectivity index (χ1v) is 12.6. The molecule has 0 aliphatic rings. The van der Waals surface area contributed by atoms with Crippen LogP contribution in [0.3, 0.4) is 0 Å². The zero-order valence-electron chi connectivity index (χ0n) is 18.7. The fraction of sp³-hybridized carbons (Fsp3) is 0.950. The maximum Gasteiger partial charge on any atom is 0.469 e. The summed E-state index contributed by atoms with van der Waals surface area (Å²) in [5, 5.41) is 33.4. The molecule has 0 saturated heterocycles. The van der Waals surface area contributed by atoms with E-state index in [-0.39, 0.29) is 19.8 Å². The van der Waals surface area contributed by atoms with E-state index in [1.807, 2.05) is 0 Å². The molecule has 0 aromatic heterocycles. The number of carbonyl (C=O) groups excluding carboxylic acids is 1. The van der Waals surface area contributed by atoms with Gasteiger partial charge in [0.25, 0.3) is 0 Å². The molecule has 6 N–H and O–H groups in total. The fourth-order valence-corrected chi connectivity index (χ4v) is 2.85. The first kappa shape index (κ1) is 32.6. The summed E-state index contributed by atoms with van der Waals surface area (Å²) in [6, 6.07) is 0. The van der Waals surface area contributed by atoms with Crippen molar-refractivity contribution in [3.05, 3.63) is 0 Å². The van der Waals surface area contributed by atoms with E-state index < -0.39 is 32.6 Å². The average molecular weight is 475 g/mol. The maximum absolute atomic E-state index is 11.5. The molecule has 0 aromatic carbocycles. The van der Waals surface area contributed by atoms with Gasteiger partial charge in [-0.3, -0.25) is 9.32 Å². The number of carbonyl (C=O) groups is 1. The number of ether oxygens (including phenoxy) is 1. The monoisotopic (exact) mass is 474 g/mol. The first-order chi connectivity index (χ1) is 14.7. The van der Waals surface area contributed by atoms with Gasteiger partial charge in [-0.15, -0.1) is 0 Å². The average Bonchev–Trinajstić information content (AvgIpc) is 2.73. The lowest BCUT2D eigenvalue weighted by atomic mass is 10.1. The molecular weight excluding hydrogens is 431 g/mol. The Kier molecular flexibility index (Phi) is 23.8. The van der Waals surface area contributed by atoms with Gasteiger partial charge < -0.3 is 34.9 Å². The van der Waals surface area contributed by atoms with Crippen LogP contribution in [0.5, 0.6) is 0 Å². The summed E-state index contributed by atoms with van der Waals surface area (Å²) < 4.78 is 19.4. The normalized spacial score (nSPS) is 12.4. The van der Waals surface area contributed by atoms with Crippen LogP contribution >= 0.6 is 7.82 Å². The first-order valence-electron chi connectivity index (χ1n) is 11.1. The van der Waals surface area contributed by atoms with Crippen LogP contribution in [0, 0.1) is 0 Å². The summed E-state index contributed by atoms with van der Waals surface area (Å²) in [6.07, 6.45) is 11.3. The Bertz CT molecular complexity index is 440. The highest BCUT2D eigenvalue weighted by Crippen LogP contribution is 2.35. The van der Waals surface area contributed by atoms with Gasteiger partial charge in [0.1, 0.15) is 18.8 Å². The van der Waals surface area contributed by atoms with Gasteiger partial charge in [0.15, 0.2) is 0 Å². The Balaban J connectivity index is 0. The summed E-state index contributed by atoms with van der Waals surface area (Å²) in [4.78, 5) is 28.4. The van der Waals surface area contributed by atoms with Gasteiger partial charge in [-0.1, -0.05) is 71.1 Å². The molecule has 0 aromatic rings. The third-order valence-electron chi connectivity index (χ3n) is 4.28. The second-order valence-electron chi connectivity index (χ2n) is 7.43. The smallest absolute Gasteiger partial charge is 0.463 e. The van der Waals surface area contributed by atoms with E-state index in [0.29, 0.717) is 6.42 Å². The van der Waals surface area contributed by atoms with Crippen LogP contribution in [-0.2, 0) is 18.6 Å². The van der Waals surface area contributed by atoms with E-state index in [0.717, 1.165) is 19.3 Å². The SMILES string of the molecule is CCCCCCCCCCCCCC(=O)OCC(O)COP(=O)(O)O.OCC(O)CO. The molecule has 31 heavy (non-hydrogen) atoms. The molecule has 0 spiro atoms. The van der Waals surface area contributed by atoms with Crippen LogP contribution in [0.15, 0.2) is 0 Å². The fourth-order valence-electron chi connectivity index (χ4n) is 2.48. The molecular formula is C20H43O10P. The summed E-state index contributed by atoms with van der Waals surface area (Å²) in [7, 11) is -4.61. The Morgan fingerprint density at radius 3 is 1.61 bits per heavy atom. The van der Waals surface area contributed by atoms with Crippen LogP contribution in [-0.4, -0.2) is 74.8 Å². The van der Waals surface area contributed by atoms with Gasteiger partial charge in [-0.05, 0) is 6.42 Å². The number of phosphoric acid groups is 1. The topological polar surface area (TPSA) is 174 Å². The van der Waals surface area contributed by atoms with Gasteiger partial charge in [0.05, 0.1) is 19.8 Å². The lowest BCUT2D eigenvalue weighted by molar-refractivity contribution is -0.147. The van der Waals surface area contributed by atoms with Gasteiger partial charge in [0, 0.05) is 6.42 Å². The Morgan fingerprint density at radius 1 is 0.774 bits per heavy atom. The van der Waals surface area contributed by atoms with E-state index in [4.69, 9.17) is 29.8 Å². The van der Waals surface area contributed by atoms with Crippen LogP contribution in [0.1, 0.15) is 84.0 Å². The second-order valence-corrected chi connectivity index (χ2v) is 8.67. The Labute approximate surface area is 185 Å². The van der Waals surface area contributed by atoms with Gasteiger partial charge in [-0.2, -0.15) is 0 Å². The van der Waals surface area contributed by atoms with Crippen molar-refractivity contribution < 1.29 is 48.8 Å². The van der Waals surface area contributed by atoms with Crippen molar-refractivity contribution in [2.24, 2.45) is 0 Å². The number of rotatable bonds is 19. The van der Waals surface area contributed by atoms with Crippen molar-refractivity contribution in [1.29, 1.82) is 0 Å². The number of phosphoric ester groups is 1. The zero-order valence-corrected chi connectivity index (χ0v) is 19.6. The lowest BCUT2D eigenvalue weighted by Crippen LogP contribution is -2.23. The number of esters is 1. The molecule has 10 nitrogen and oxygen atoms in total. The van der Waals surface area contributed by atoms with Crippen LogP contribution < -0.4 is 0 Å². The predicted octanol–water partition coefficient (Wildman–Crippen LogP) is 2.03. The van der Waals surface area contributed by atoms with E-state index in [9.17, 15) is 14.5 Å². The summed E-state index contributed by atoms with van der Waals surface area (Å²) in [5.41, 5.74) is 0. The summed E-state index contributed by atoms with van der Waals surface area (Å²) in [6.45, 7) is 0.596. The third-order valence-corrected chi connectivity index (χ3v) is 4.76. The van der Waals surface area contributed by atoms with Gasteiger partial charge in [-0.25, -0.2) is 4.57 Å². The van der Waals surface area contributed by atoms with Gasteiger partial charge in [0.2, 0.25) is 0 Å². The molecule has 0 fully saturated rings. The van der Waals surface area contributed by atoms with E-state index in [2.05, 4.69) is 11.4 Å². The molecule has 0 bridgehead atoms. The molecule has 188 valence electrons. The van der Waals surface area contributed by atoms with Crippen molar-refractivity contribution in [1.82, 2.24) is 0 Å². The molecule has 1 unspecified atom stereocenters. The quantitative estimate of drug-likeness (QED) is 0.0923. The Hall–Kier alpha value is -0.580. The molecule has 1 atom stereocenters. The number of hydrogen-bond donors (Lipinski definition) is 6. The molecule has 0 radical (unpaired) electrons. The number of aliphatic hydroxyl groups excluding tert-OH is 4. The second kappa shape index (κ2) is 22.6. The number of unbranched alkanes of at least 4 members (excludes halogenated alkanes) is 10. The van der Waals surface area contributed by atoms with Crippen LogP contribution in [0.25, 0.3) is 0 Å². The zero-order chi connectivity index (χ0) is 24.0. The van der Waals surface area contributed by atoms with Crippen molar-refractivity contribution in [2.75, 3.05) is 26.4 Å². The maximum atomic E-state index is 11.5. The number of aliphatic hydroxyl groups is 4. The molecule has 11 heteroatoms. The molecule has 0 rings (SSSR count). The molecule has 0 saturated carbocycles. The third kappa shape index (κ3) is 29.4. The predicted molar refractivity (Wildman–Crippen MR) is 116 cm³/mol. The van der Waals surface area contributed by atoms with Gasteiger partial charge >= 0.3 is 13.8 Å². The minimum absolute atomic E-state index is 0.295. The molecule has 0 amide bonds. The number of hydrogen-bond acceptors (Lipinski definition) is 8. The molecule has 0 heterocycles. The molecule has 0 aliphatic heterocycles. The van der Waals surface area contributed by atoms with Crippen LogP contribution in [0.4, 0.5) is 0 Å². The minimum Gasteiger partial charge on any atom is -0.463 e. The highest BCUT2D eigenvalue weighted by molar-refractivity contribution is 7.46. The molecule has 0 aliphatic carbocycles. The summed E-state index contributed by atoms with van der Waals surface area (Å²) in [5.74, 6) is -0.411. The highest BCUT2D eigenvalue weighted by Gasteiger charge is 2.17. The van der Waals surface area contributed by atoms with E-state index >= 15 is 0 Å². The van der Waals surface area contributed by atoms with E-state index in [1.165, 1.54) is 51.4 Å². The van der Waals surface area contributed by atoms with E-state index in [1.54, 1.807) is 0 Å². The largest absolute Gasteiger partial charge is 0.469 e. The summed E-state index contributed by atoms with van der Waals surface area (Å²) >= 11 is 0.